The van der Waals surface area contributed by atoms with Crippen molar-refractivity contribution in [1.29, 1.82) is 10.5 Å². The summed E-state index contributed by atoms with van der Waals surface area (Å²) in [5.74, 6) is 2.11. The summed E-state index contributed by atoms with van der Waals surface area (Å²) in [6.07, 6.45) is 14.7. The van der Waals surface area contributed by atoms with E-state index in [1.807, 2.05) is 24.3 Å². The summed E-state index contributed by atoms with van der Waals surface area (Å²) in [6.45, 7) is 0. The molecule has 2 saturated carbocycles. The van der Waals surface area contributed by atoms with Crippen molar-refractivity contribution in [2.75, 3.05) is 7.11 Å². The lowest BCUT2D eigenvalue weighted by Gasteiger charge is -2.23. The molecular formula is C33H40N6O2. The van der Waals surface area contributed by atoms with E-state index >= 15 is 0 Å². The number of aromatic amines is 2. The number of phenolic OH excluding ortho intramolecular Hbond substituents is 1. The van der Waals surface area contributed by atoms with Crippen LogP contribution in [-0.4, -0.2) is 32.6 Å². The Bertz CT molecular complexity index is 1510. The Labute approximate surface area is 241 Å². The largest absolute Gasteiger partial charge is 0.508 e. The SMILES string of the molecule is COc1ccc2c(C(C#N)CC3CCCCC3)[nH]nc2c1.N#CC(CC1CCCCC1)c1[nH]nc2cc(O)ccc12. The first-order valence-electron chi connectivity index (χ1n) is 15.1. The number of fused-ring (bicyclic) bond motifs is 2. The van der Waals surface area contributed by atoms with Gasteiger partial charge in [0.1, 0.15) is 11.5 Å². The highest BCUT2D eigenvalue weighted by Gasteiger charge is 2.24. The van der Waals surface area contributed by atoms with Gasteiger partial charge in [0, 0.05) is 22.9 Å². The number of aromatic hydroxyl groups is 1. The summed E-state index contributed by atoms with van der Waals surface area (Å²) in [7, 11) is 1.65. The van der Waals surface area contributed by atoms with Gasteiger partial charge in [-0.1, -0.05) is 64.2 Å². The van der Waals surface area contributed by atoms with Gasteiger partial charge in [0.15, 0.2) is 0 Å². The van der Waals surface area contributed by atoms with E-state index in [0.717, 1.165) is 51.8 Å². The maximum absolute atomic E-state index is 9.57. The van der Waals surface area contributed by atoms with Crippen molar-refractivity contribution in [2.45, 2.75) is 88.9 Å². The van der Waals surface area contributed by atoms with Gasteiger partial charge in [0.2, 0.25) is 0 Å². The highest BCUT2D eigenvalue weighted by Crippen LogP contribution is 2.36. The quantitative estimate of drug-likeness (QED) is 0.213. The number of nitriles is 2. The fourth-order valence-corrected chi connectivity index (χ4v) is 6.67. The lowest BCUT2D eigenvalue weighted by molar-refractivity contribution is 0.330. The number of methoxy groups -OCH3 is 1. The maximum atomic E-state index is 9.57. The molecule has 0 saturated heterocycles. The number of hydrogen-bond donors (Lipinski definition) is 3. The monoisotopic (exact) mass is 552 g/mol. The van der Waals surface area contributed by atoms with E-state index in [9.17, 15) is 15.6 Å². The Balaban J connectivity index is 0.000000165. The third-order valence-electron chi connectivity index (χ3n) is 8.96. The molecule has 6 rings (SSSR count). The molecule has 8 heteroatoms. The van der Waals surface area contributed by atoms with E-state index in [1.165, 1.54) is 64.2 Å². The second-order valence-corrected chi connectivity index (χ2v) is 11.7. The molecule has 2 aliphatic rings. The average molecular weight is 553 g/mol. The highest BCUT2D eigenvalue weighted by molar-refractivity contribution is 5.84. The van der Waals surface area contributed by atoms with Crippen molar-refractivity contribution in [1.82, 2.24) is 20.4 Å². The number of benzene rings is 2. The van der Waals surface area contributed by atoms with Crippen molar-refractivity contribution < 1.29 is 9.84 Å². The molecular weight excluding hydrogens is 512 g/mol. The van der Waals surface area contributed by atoms with Crippen LogP contribution in [0.2, 0.25) is 0 Å². The molecule has 2 atom stereocenters. The number of nitrogens with one attached hydrogen (secondary N) is 2. The molecule has 214 valence electrons. The molecule has 0 radical (unpaired) electrons. The zero-order chi connectivity index (χ0) is 28.6. The third-order valence-corrected chi connectivity index (χ3v) is 8.96. The van der Waals surface area contributed by atoms with E-state index in [2.05, 4.69) is 32.5 Å². The second kappa shape index (κ2) is 13.5. The molecule has 0 amide bonds. The van der Waals surface area contributed by atoms with Crippen molar-refractivity contribution in [2.24, 2.45) is 11.8 Å². The number of ether oxygens (including phenoxy) is 1. The fraction of sp³-hybridized carbons (Fsp3) is 0.515. The summed E-state index contributed by atoms with van der Waals surface area (Å²) in [4.78, 5) is 0. The van der Waals surface area contributed by atoms with E-state index in [1.54, 1.807) is 19.2 Å². The maximum Gasteiger partial charge on any atom is 0.121 e. The molecule has 2 aromatic heterocycles. The van der Waals surface area contributed by atoms with E-state index in [4.69, 9.17) is 4.74 Å². The average Bonchev–Trinajstić information content (AvgIpc) is 3.63. The van der Waals surface area contributed by atoms with Gasteiger partial charge in [-0.15, -0.1) is 0 Å². The standard InChI is InChI=1S/C17H21N3O.C16H19N3O/c1-21-14-7-8-15-16(10-14)19-20-17(15)13(11-18)9-12-5-3-2-4-6-12;17-10-12(8-11-4-2-1-3-5-11)16-14-7-6-13(20)9-15(14)18-19-16/h7-8,10,12-13H,2-6,9H2,1H3,(H,19,20);6-7,9,11-12,20H,1-5,8H2,(H,18,19). The molecule has 2 aliphatic carbocycles. The number of hydrogen-bond acceptors (Lipinski definition) is 6. The molecule has 0 spiro atoms. The lowest BCUT2D eigenvalue weighted by Crippen LogP contribution is -2.11. The van der Waals surface area contributed by atoms with Gasteiger partial charge >= 0.3 is 0 Å². The Morgan fingerprint density at radius 1 is 0.780 bits per heavy atom. The topological polar surface area (TPSA) is 134 Å². The molecule has 41 heavy (non-hydrogen) atoms. The summed E-state index contributed by atoms with van der Waals surface area (Å²) in [5.41, 5.74) is 3.45. The molecule has 0 aliphatic heterocycles. The first kappa shape index (κ1) is 28.5. The Hall–Kier alpha value is -4.04. The van der Waals surface area contributed by atoms with E-state index in [-0.39, 0.29) is 17.6 Å². The Morgan fingerprint density at radius 2 is 1.27 bits per heavy atom. The van der Waals surface area contributed by atoms with Crippen molar-refractivity contribution in [3.8, 4) is 23.6 Å². The van der Waals surface area contributed by atoms with Crippen LogP contribution < -0.4 is 4.74 Å². The molecule has 4 aromatic rings. The number of aromatic nitrogens is 4. The van der Waals surface area contributed by atoms with E-state index < -0.39 is 0 Å². The van der Waals surface area contributed by atoms with Gasteiger partial charge in [-0.25, -0.2) is 0 Å². The smallest absolute Gasteiger partial charge is 0.121 e. The minimum Gasteiger partial charge on any atom is -0.508 e. The lowest BCUT2D eigenvalue weighted by atomic mass is 9.82. The van der Waals surface area contributed by atoms with Crippen LogP contribution in [0.4, 0.5) is 0 Å². The third kappa shape index (κ3) is 6.82. The second-order valence-electron chi connectivity index (χ2n) is 11.7. The molecule has 2 aromatic carbocycles. The summed E-state index contributed by atoms with van der Waals surface area (Å²) < 4.78 is 5.22. The first-order chi connectivity index (χ1) is 20.1. The molecule has 2 unspecified atom stereocenters. The number of phenols is 1. The van der Waals surface area contributed by atoms with Crippen LogP contribution in [-0.2, 0) is 0 Å². The van der Waals surface area contributed by atoms with Gasteiger partial charge in [-0.05, 0) is 48.9 Å². The van der Waals surface area contributed by atoms with Gasteiger partial charge in [-0.2, -0.15) is 20.7 Å². The molecule has 0 bridgehead atoms. The van der Waals surface area contributed by atoms with Gasteiger partial charge in [0.05, 0.1) is 53.5 Å². The molecule has 8 nitrogen and oxygen atoms in total. The van der Waals surface area contributed by atoms with Gasteiger partial charge in [-0.3, -0.25) is 10.2 Å². The zero-order valence-corrected chi connectivity index (χ0v) is 23.9. The Kier molecular flexibility index (Phi) is 9.41. The van der Waals surface area contributed by atoms with Crippen LogP contribution in [0.15, 0.2) is 36.4 Å². The van der Waals surface area contributed by atoms with Gasteiger partial charge in [0.25, 0.3) is 0 Å². The van der Waals surface area contributed by atoms with Crippen LogP contribution >= 0.6 is 0 Å². The van der Waals surface area contributed by atoms with Crippen LogP contribution in [0, 0.1) is 34.5 Å². The molecule has 2 heterocycles. The predicted molar refractivity (Wildman–Crippen MR) is 159 cm³/mol. The van der Waals surface area contributed by atoms with Crippen LogP contribution in [0.5, 0.6) is 11.5 Å². The van der Waals surface area contributed by atoms with E-state index in [0.29, 0.717) is 11.8 Å². The van der Waals surface area contributed by atoms with Crippen LogP contribution in [0.3, 0.4) is 0 Å². The van der Waals surface area contributed by atoms with Crippen molar-refractivity contribution in [3.05, 3.63) is 47.8 Å². The predicted octanol–water partition coefficient (Wildman–Crippen LogP) is 8.00. The fourth-order valence-electron chi connectivity index (χ4n) is 6.67. The Morgan fingerprint density at radius 3 is 1.76 bits per heavy atom. The first-order valence-corrected chi connectivity index (χ1v) is 15.1. The summed E-state index contributed by atoms with van der Waals surface area (Å²) in [6, 6.07) is 15.8. The highest BCUT2D eigenvalue weighted by atomic mass is 16.5. The van der Waals surface area contributed by atoms with Crippen LogP contribution in [0.25, 0.3) is 21.8 Å². The van der Waals surface area contributed by atoms with Crippen molar-refractivity contribution in [3.63, 3.8) is 0 Å². The normalized spacial score (nSPS) is 17.7. The molecule has 3 N–H and O–H groups in total. The molecule has 2 fully saturated rings. The van der Waals surface area contributed by atoms with Crippen molar-refractivity contribution >= 4 is 21.8 Å². The van der Waals surface area contributed by atoms with Crippen LogP contribution in [0.1, 0.15) is 100 Å². The van der Waals surface area contributed by atoms with Gasteiger partial charge < -0.3 is 9.84 Å². The number of rotatable bonds is 7. The summed E-state index contributed by atoms with van der Waals surface area (Å²) in [5, 5.41) is 45.1. The minimum absolute atomic E-state index is 0.0912. The number of H-pyrrole nitrogens is 2. The number of nitrogens with zero attached hydrogens (tertiary/aromatic N) is 4. The minimum atomic E-state index is -0.132. The summed E-state index contributed by atoms with van der Waals surface area (Å²) >= 11 is 0. The zero-order valence-electron chi connectivity index (χ0n) is 23.9.